The molecule has 132 valence electrons. The monoisotopic (exact) mass is 365 g/mol. The van der Waals surface area contributed by atoms with Gasteiger partial charge in [0.1, 0.15) is 10.6 Å². The van der Waals surface area contributed by atoms with Gasteiger partial charge in [-0.1, -0.05) is 0 Å². The lowest BCUT2D eigenvalue weighted by atomic mass is 10.1. The Labute approximate surface area is 142 Å². The van der Waals surface area contributed by atoms with Gasteiger partial charge in [0.2, 0.25) is 5.88 Å². The van der Waals surface area contributed by atoms with E-state index in [2.05, 4.69) is 15.2 Å². The summed E-state index contributed by atoms with van der Waals surface area (Å²) in [5, 5.41) is 5.81. The van der Waals surface area contributed by atoms with Crippen LogP contribution in [0.2, 0.25) is 0 Å². The van der Waals surface area contributed by atoms with Gasteiger partial charge in [-0.2, -0.15) is 4.99 Å². The summed E-state index contributed by atoms with van der Waals surface area (Å²) < 4.78 is 29.5. The molecule has 1 aromatic carbocycles. The van der Waals surface area contributed by atoms with E-state index in [1.54, 1.807) is 6.92 Å². The molecule has 0 radical (unpaired) electrons. The highest BCUT2D eigenvalue weighted by Gasteiger charge is 2.21. The van der Waals surface area contributed by atoms with Crippen molar-refractivity contribution in [3.63, 3.8) is 0 Å². The smallest absolute Gasteiger partial charge is 0.280 e. The number of guanidine groups is 1. The number of nitrogens with two attached hydrogens (primary N) is 2. The van der Waals surface area contributed by atoms with E-state index in [1.165, 1.54) is 18.2 Å². The predicted octanol–water partition coefficient (Wildman–Crippen LogP) is -0.312. The predicted molar refractivity (Wildman–Crippen MR) is 89.4 cm³/mol. The largest absolute Gasteiger partial charge is 0.436 e. The molecule has 1 aromatic heterocycles. The molecule has 0 aliphatic carbocycles. The maximum Gasteiger partial charge on any atom is 0.280 e. The van der Waals surface area contributed by atoms with E-state index in [1.807, 2.05) is 0 Å². The van der Waals surface area contributed by atoms with Crippen LogP contribution in [0.3, 0.4) is 0 Å². The zero-order valence-corrected chi connectivity index (χ0v) is 14.1. The first-order chi connectivity index (χ1) is 11.6. The van der Waals surface area contributed by atoms with Crippen molar-refractivity contribution >= 4 is 21.7 Å². The summed E-state index contributed by atoms with van der Waals surface area (Å²) in [5.74, 6) is -1.30. The number of aromatic nitrogens is 2. The number of amides is 1. The number of benzene rings is 1. The minimum absolute atomic E-state index is 0.00982. The summed E-state index contributed by atoms with van der Waals surface area (Å²) in [7, 11) is -3.75. The number of aliphatic imine (C=N–C) groups is 1. The van der Waals surface area contributed by atoms with Crippen LogP contribution >= 0.6 is 0 Å². The first-order valence-corrected chi connectivity index (χ1v) is 8.69. The van der Waals surface area contributed by atoms with Crippen molar-refractivity contribution in [3.05, 3.63) is 45.7 Å². The van der Waals surface area contributed by atoms with E-state index in [-0.39, 0.29) is 22.1 Å². The van der Waals surface area contributed by atoms with Gasteiger partial charge in [0, 0.05) is 24.0 Å². The highest BCUT2D eigenvalue weighted by atomic mass is 32.2. The van der Waals surface area contributed by atoms with Crippen LogP contribution in [0.5, 0.6) is 11.6 Å². The van der Waals surface area contributed by atoms with Crippen molar-refractivity contribution in [1.29, 1.82) is 0 Å². The van der Waals surface area contributed by atoms with Crippen molar-refractivity contribution in [2.45, 2.75) is 11.8 Å². The van der Waals surface area contributed by atoms with Gasteiger partial charge in [0.05, 0.1) is 0 Å². The van der Waals surface area contributed by atoms with Crippen molar-refractivity contribution < 1.29 is 17.9 Å². The number of sulfone groups is 1. The van der Waals surface area contributed by atoms with Crippen LogP contribution < -0.4 is 21.8 Å². The van der Waals surface area contributed by atoms with Gasteiger partial charge in [-0.3, -0.25) is 9.59 Å². The second-order valence-electron chi connectivity index (χ2n) is 5.09. The molecule has 0 atom stereocenters. The fraction of sp³-hybridized carbons (Fsp3) is 0.143. The molecule has 0 fully saturated rings. The minimum atomic E-state index is -3.75. The summed E-state index contributed by atoms with van der Waals surface area (Å²) in [4.78, 5) is 26.2. The Morgan fingerprint density at radius 3 is 2.48 bits per heavy atom. The number of nitrogens with one attached hydrogen (secondary N) is 1. The third-order valence-electron chi connectivity index (χ3n) is 3.02. The summed E-state index contributed by atoms with van der Waals surface area (Å²) >= 11 is 0. The van der Waals surface area contributed by atoms with Crippen molar-refractivity contribution in [1.82, 2.24) is 10.2 Å². The number of hydrogen-bond acceptors (Lipinski definition) is 6. The quantitative estimate of drug-likeness (QED) is 0.489. The molecule has 0 unspecified atom stereocenters. The number of carbonyl (C=O) groups excluding carboxylic acids is 1. The van der Waals surface area contributed by atoms with Gasteiger partial charge in [-0.15, -0.1) is 5.10 Å². The molecule has 25 heavy (non-hydrogen) atoms. The molecule has 0 saturated carbocycles. The molecule has 0 spiro atoms. The number of nitrogens with zero attached hydrogens (tertiary/aromatic N) is 2. The van der Waals surface area contributed by atoms with Crippen LogP contribution in [0.1, 0.15) is 15.9 Å². The van der Waals surface area contributed by atoms with E-state index >= 15 is 0 Å². The van der Waals surface area contributed by atoms with E-state index in [9.17, 15) is 18.0 Å². The standard InChI is InChI=1S/C14H15N5O5S/c1-7-5-9(24-12-4-3-11(20)18-19-12)10(25(2,22)23)6-8(7)13(21)17-14(15)16/h3-6H,1-2H3,(H,18,20)(H4,15,16,17,21). The average molecular weight is 365 g/mol. The maximum atomic E-state index is 12.1. The Bertz CT molecular complexity index is 1000. The second kappa shape index (κ2) is 6.73. The normalized spacial score (nSPS) is 11.0. The van der Waals surface area contributed by atoms with Crippen LogP contribution in [0.25, 0.3) is 0 Å². The Balaban J connectivity index is 2.58. The maximum absolute atomic E-state index is 12.1. The second-order valence-corrected chi connectivity index (χ2v) is 7.07. The molecule has 0 aliphatic rings. The van der Waals surface area contributed by atoms with E-state index < -0.39 is 27.3 Å². The molecule has 0 saturated heterocycles. The topological polar surface area (TPSA) is 171 Å². The molecule has 5 N–H and O–H groups in total. The van der Waals surface area contributed by atoms with E-state index in [0.29, 0.717) is 5.56 Å². The third kappa shape index (κ3) is 4.41. The van der Waals surface area contributed by atoms with Crippen LogP contribution in [0.4, 0.5) is 0 Å². The third-order valence-corrected chi connectivity index (χ3v) is 4.14. The van der Waals surface area contributed by atoms with Gasteiger partial charge in [0.25, 0.3) is 11.5 Å². The number of aryl methyl sites for hydroxylation is 1. The highest BCUT2D eigenvalue weighted by molar-refractivity contribution is 7.90. The number of rotatable bonds is 4. The van der Waals surface area contributed by atoms with Crippen LogP contribution in [0, 0.1) is 6.92 Å². The fourth-order valence-electron chi connectivity index (χ4n) is 1.94. The minimum Gasteiger partial charge on any atom is -0.436 e. The first kappa shape index (κ1) is 18.1. The molecule has 0 aliphatic heterocycles. The molecular weight excluding hydrogens is 350 g/mol. The van der Waals surface area contributed by atoms with Gasteiger partial charge >= 0.3 is 0 Å². The lowest BCUT2D eigenvalue weighted by Gasteiger charge is -2.12. The van der Waals surface area contributed by atoms with Gasteiger partial charge in [-0.05, 0) is 24.6 Å². The zero-order valence-electron chi connectivity index (χ0n) is 13.3. The van der Waals surface area contributed by atoms with E-state index in [4.69, 9.17) is 16.2 Å². The summed E-state index contributed by atoms with van der Waals surface area (Å²) in [6, 6.07) is 4.92. The molecule has 1 amide bonds. The molecule has 0 bridgehead atoms. The molecule has 2 rings (SSSR count). The number of aromatic amines is 1. The highest BCUT2D eigenvalue weighted by Crippen LogP contribution is 2.31. The molecular formula is C14H15N5O5S. The lowest BCUT2D eigenvalue weighted by molar-refractivity contribution is 0.100. The number of carbonyl (C=O) groups is 1. The Morgan fingerprint density at radius 1 is 1.28 bits per heavy atom. The van der Waals surface area contributed by atoms with Crippen molar-refractivity contribution in [2.75, 3.05) is 6.26 Å². The van der Waals surface area contributed by atoms with Gasteiger partial charge in [0.15, 0.2) is 15.8 Å². The lowest BCUT2D eigenvalue weighted by Crippen LogP contribution is -2.24. The summed E-state index contributed by atoms with van der Waals surface area (Å²) in [6.07, 6.45) is 0.958. The molecule has 11 heteroatoms. The Hall–Kier alpha value is -3.21. The number of H-pyrrole nitrogens is 1. The fourth-order valence-corrected chi connectivity index (χ4v) is 2.74. The molecule has 2 aromatic rings. The van der Waals surface area contributed by atoms with Crippen LogP contribution in [-0.4, -0.2) is 36.7 Å². The Kier molecular flexibility index (Phi) is 4.88. The van der Waals surface area contributed by atoms with Gasteiger partial charge in [-0.25, -0.2) is 13.5 Å². The van der Waals surface area contributed by atoms with Gasteiger partial charge < -0.3 is 16.2 Å². The zero-order chi connectivity index (χ0) is 18.8. The van der Waals surface area contributed by atoms with Crippen molar-refractivity contribution in [3.8, 4) is 11.6 Å². The number of ether oxygens (including phenoxy) is 1. The molecule has 10 nitrogen and oxygen atoms in total. The average Bonchev–Trinajstić information content (AvgIpc) is 2.47. The summed E-state index contributed by atoms with van der Waals surface area (Å²) in [5.41, 5.74) is 10.3. The summed E-state index contributed by atoms with van der Waals surface area (Å²) in [6.45, 7) is 1.56. The van der Waals surface area contributed by atoms with Crippen LogP contribution in [-0.2, 0) is 9.84 Å². The SMILES string of the molecule is Cc1cc(Oc2ccc(=O)[nH]n2)c(S(C)(=O)=O)cc1C(=O)N=C(N)N. The Morgan fingerprint density at radius 2 is 1.96 bits per heavy atom. The molecule has 1 heterocycles. The van der Waals surface area contributed by atoms with Crippen LogP contribution in [0.15, 0.2) is 38.9 Å². The van der Waals surface area contributed by atoms with Crippen molar-refractivity contribution in [2.24, 2.45) is 16.5 Å². The number of hydrogen-bond donors (Lipinski definition) is 3. The van der Waals surface area contributed by atoms with E-state index in [0.717, 1.165) is 12.3 Å². The first-order valence-electron chi connectivity index (χ1n) is 6.80.